The third-order valence-electron chi connectivity index (χ3n) is 6.33. The van der Waals surface area contributed by atoms with Gasteiger partial charge < -0.3 is 10.2 Å². The average Bonchev–Trinajstić information content (AvgIpc) is 3.21. The van der Waals surface area contributed by atoms with Crippen LogP contribution in [0.1, 0.15) is 63.6 Å². The molecule has 180 valence electrons. The summed E-state index contributed by atoms with van der Waals surface area (Å²) in [5.41, 5.74) is 4.13. The van der Waals surface area contributed by atoms with Crippen LogP contribution in [0.5, 0.6) is 0 Å². The molecule has 0 atom stereocenters. The molecule has 1 saturated heterocycles. The molecule has 0 spiro atoms. The van der Waals surface area contributed by atoms with Gasteiger partial charge in [-0.15, -0.1) is 11.3 Å². The minimum atomic E-state index is -0.207. The molecule has 3 aromatic rings. The fourth-order valence-corrected chi connectivity index (χ4v) is 4.99. The summed E-state index contributed by atoms with van der Waals surface area (Å²) in [5, 5.41) is 14.4. The van der Waals surface area contributed by atoms with E-state index in [0.29, 0.717) is 40.7 Å². The van der Waals surface area contributed by atoms with Crippen LogP contribution in [0.4, 0.5) is 5.00 Å². The van der Waals surface area contributed by atoms with Gasteiger partial charge in [0, 0.05) is 38.3 Å². The maximum absolute atomic E-state index is 13.3. The highest BCUT2D eigenvalue weighted by atomic mass is 32.1. The zero-order valence-electron chi connectivity index (χ0n) is 20.2. The largest absolute Gasteiger partial charge is 0.337 e. The van der Waals surface area contributed by atoms with Gasteiger partial charge >= 0.3 is 0 Å². The van der Waals surface area contributed by atoms with Crippen molar-refractivity contribution in [2.45, 2.75) is 32.7 Å². The van der Waals surface area contributed by atoms with Crippen molar-refractivity contribution < 1.29 is 9.59 Å². The number of thiophene rings is 1. The molecule has 1 aliphatic rings. The average molecular weight is 487 g/mol. The minimum Gasteiger partial charge on any atom is -0.337 e. The lowest BCUT2D eigenvalue weighted by molar-refractivity contribution is 0.0762. The van der Waals surface area contributed by atoms with Crippen LogP contribution in [-0.4, -0.2) is 47.8 Å². The van der Waals surface area contributed by atoms with Crippen molar-refractivity contribution >= 4 is 28.2 Å². The number of amides is 2. The number of hydrogen-bond donors (Lipinski definition) is 1. The molecule has 0 bridgehead atoms. The van der Waals surface area contributed by atoms with E-state index in [1.807, 2.05) is 58.8 Å². The second-order valence-corrected chi connectivity index (χ2v) is 10.0. The van der Waals surface area contributed by atoms with Crippen molar-refractivity contribution in [2.75, 3.05) is 31.5 Å². The highest BCUT2D eigenvalue weighted by molar-refractivity contribution is 7.14. The van der Waals surface area contributed by atoms with Gasteiger partial charge in [-0.25, -0.2) is 0 Å². The van der Waals surface area contributed by atoms with Crippen molar-refractivity contribution in [2.24, 2.45) is 0 Å². The Bertz CT molecular complexity index is 1210. The van der Waals surface area contributed by atoms with E-state index in [2.05, 4.69) is 30.1 Å². The van der Waals surface area contributed by atoms with Crippen molar-refractivity contribution in [3.63, 3.8) is 0 Å². The summed E-state index contributed by atoms with van der Waals surface area (Å²) in [4.78, 5) is 30.4. The van der Waals surface area contributed by atoms with E-state index in [1.165, 1.54) is 16.9 Å². The van der Waals surface area contributed by atoms with Crippen LogP contribution in [0, 0.1) is 11.3 Å². The molecule has 2 amide bonds. The number of nitrogens with zero attached hydrogens (tertiary/aromatic N) is 3. The first-order valence-electron chi connectivity index (χ1n) is 11.9. The standard InChI is InChI=1S/C28H30N4O2S/c1-20(2)23-8-10-24(11-9-23)26(33)30-27-25(12-17-35-27)28(34)32-14-3-13-31(15-16-32)19-22-6-4-21(18-29)5-7-22/h4-12,17,20H,3,13-16,19H2,1-2H3,(H,30,33). The summed E-state index contributed by atoms with van der Waals surface area (Å²) in [7, 11) is 0. The lowest BCUT2D eigenvalue weighted by Gasteiger charge is -2.22. The molecule has 2 heterocycles. The molecular weight excluding hydrogens is 456 g/mol. The fraction of sp³-hybridized carbons (Fsp3) is 0.321. The van der Waals surface area contributed by atoms with E-state index in [1.54, 1.807) is 6.07 Å². The first kappa shape index (κ1) is 24.6. The summed E-state index contributed by atoms with van der Waals surface area (Å²) in [5.74, 6) is 0.153. The Hall–Kier alpha value is -3.47. The second kappa shape index (κ2) is 11.3. The predicted octanol–water partition coefficient (Wildman–Crippen LogP) is 5.34. The van der Waals surface area contributed by atoms with Crippen molar-refractivity contribution in [3.05, 3.63) is 87.8 Å². The number of rotatable bonds is 6. The van der Waals surface area contributed by atoms with Gasteiger partial charge in [0.1, 0.15) is 5.00 Å². The Morgan fingerprint density at radius 1 is 1.00 bits per heavy atom. The molecule has 1 N–H and O–H groups in total. The van der Waals surface area contributed by atoms with Crippen molar-refractivity contribution in [1.29, 1.82) is 5.26 Å². The quantitative estimate of drug-likeness (QED) is 0.510. The second-order valence-electron chi connectivity index (χ2n) is 9.12. The van der Waals surface area contributed by atoms with Gasteiger partial charge in [0.2, 0.25) is 0 Å². The molecule has 1 aromatic heterocycles. The number of nitriles is 1. The number of anilines is 1. The summed E-state index contributed by atoms with van der Waals surface area (Å²) in [6.45, 7) is 8.03. The highest BCUT2D eigenvalue weighted by Gasteiger charge is 2.24. The zero-order chi connectivity index (χ0) is 24.8. The number of nitrogens with one attached hydrogen (secondary N) is 1. The first-order valence-corrected chi connectivity index (χ1v) is 12.8. The number of hydrogen-bond acceptors (Lipinski definition) is 5. The number of carbonyl (C=O) groups is 2. The maximum Gasteiger partial charge on any atom is 0.256 e. The van der Waals surface area contributed by atoms with Crippen LogP contribution in [0.15, 0.2) is 60.0 Å². The highest BCUT2D eigenvalue weighted by Crippen LogP contribution is 2.26. The molecule has 0 aliphatic carbocycles. The van der Waals surface area contributed by atoms with E-state index >= 15 is 0 Å². The Kier molecular flexibility index (Phi) is 7.96. The van der Waals surface area contributed by atoms with Crippen molar-refractivity contribution in [3.8, 4) is 6.07 Å². The summed E-state index contributed by atoms with van der Waals surface area (Å²) >= 11 is 1.37. The molecule has 0 radical (unpaired) electrons. The van der Waals surface area contributed by atoms with Gasteiger partial charge in [-0.05, 0) is 59.2 Å². The van der Waals surface area contributed by atoms with Crippen LogP contribution in [-0.2, 0) is 6.54 Å². The lowest BCUT2D eigenvalue weighted by Crippen LogP contribution is -2.35. The first-order chi connectivity index (χ1) is 16.9. The summed E-state index contributed by atoms with van der Waals surface area (Å²) in [6.07, 6.45) is 0.885. The fourth-order valence-electron chi connectivity index (χ4n) is 4.21. The lowest BCUT2D eigenvalue weighted by atomic mass is 10.0. The van der Waals surface area contributed by atoms with E-state index in [-0.39, 0.29) is 11.8 Å². The zero-order valence-corrected chi connectivity index (χ0v) is 21.0. The van der Waals surface area contributed by atoms with Crippen molar-refractivity contribution in [1.82, 2.24) is 9.80 Å². The third kappa shape index (κ3) is 6.16. The maximum atomic E-state index is 13.3. The van der Waals surface area contributed by atoms with Gasteiger partial charge in [-0.1, -0.05) is 38.1 Å². The topological polar surface area (TPSA) is 76.4 Å². The van der Waals surface area contributed by atoms with Gasteiger partial charge in [-0.3, -0.25) is 14.5 Å². The summed E-state index contributed by atoms with van der Waals surface area (Å²) in [6, 6.07) is 19.2. The number of carbonyl (C=O) groups excluding carboxylic acids is 2. The Morgan fingerprint density at radius 3 is 2.43 bits per heavy atom. The molecule has 4 rings (SSSR count). The van der Waals surface area contributed by atoms with Crippen LogP contribution in [0.2, 0.25) is 0 Å². The van der Waals surface area contributed by atoms with E-state index in [4.69, 9.17) is 5.26 Å². The van der Waals surface area contributed by atoms with Crippen LogP contribution in [0.25, 0.3) is 0 Å². The van der Waals surface area contributed by atoms with Crippen LogP contribution in [0.3, 0.4) is 0 Å². The smallest absolute Gasteiger partial charge is 0.256 e. The van der Waals surface area contributed by atoms with Gasteiger partial charge in [0.25, 0.3) is 11.8 Å². The molecular formula is C28H30N4O2S. The molecule has 7 heteroatoms. The Labute approximate surface area is 210 Å². The van der Waals surface area contributed by atoms with Gasteiger partial charge in [-0.2, -0.15) is 5.26 Å². The number of benzene rings is 2. The molecule has 0 saturated carbocycles. The monoisotopic (exact) mass is 486 g/mol. The van der Waals surface area contributed by atoms with Crippen LogP contribution < -0.4 is 5.32 Å². The van der Waals surface area contributed by atoms with Gasteiger partial charge in [0.05, 0.1) is 17.2 Å². The molecule has 1 fully saturated rings. The Morgan fingerprint density at radius 2 is 1.74 bits per heavy atom. The van der Waals surface area contributed by atoms with Crippen LogP contribution >= 0.6 is 11.3 Å². The molecule has 35 heavy (non-hydrogen) atoms. The normalized spacial score (nSPS) is 14.4. The molecule has 6 nitrogen and oxygen atoms in total. The summed E-state index contributed by atoms with van der Waals surface area (Å²) < 4.78 is 0. The molecule has 0 unspecified atom stereocenters. The van der Waals surface area contributed by atoms with E-state index in [0.717, 1.165) is 31.6 Å². The van der Waals surface area contributed by atoms with Gasteiger partial charge in [0.15, 0.2) is 0 Å². The third-order valence-corrected chi connectivity index (χ3v) is 7.16. The van der Waals surface area contributed by atoms with E-state index < -0.39 is 0 Å². The molecule has 2 aromatic carbocycles. The minimum absolute atomic E-state index is 0.0445. The predicted molar refractivity (Wildman–Crippen MR) is 140 cm³/mol. The van der Waals surface area contributed by atoms with E-state index in [9.17, 15) is 9.59 Å². The Balaban J connectivity index is 1.37. The SMILES string of the molecule is CC(C)c1ccc(C(=O)Nc2sccc2C(=O)N2CCCN(Cc3ccc(C#N)cc3)CC2)cc1. The molecule has 1 aliphatic heterocycles.